The quantitative estimate of drug-likeness (QED) is 0.331. The SMILES string of the molecule is COc1ccc(C(=O)OCC(=O)N(C)Cc2nc3ccccc3s2)cc1[N+](=O)[O-]. The molecule has 0 spiro atoms. The number of carbonyl (C=O) groups excluding carboxylic acids is 2. The Morgan fingerprint density at radius 2 is 2.00 bits per heavy atom. The number of likely N-dealkylation sites (N-methyl/N-ethyl adjacent to an activating group) is 1. The van der Waals surface area contributed by atoms with Gasteiger partial charge in [0.2, 0.25) is 0 Å². The van der Waals surface area contributed by atoms with Gasteiger partial charge in [-0.25, -0.2) is 9.78 Å². The van der Waals surface area contributed by atoms with Gasteiger partial charge in [0, 0.05) is 13.1 Å². The van der Waals surface area contributed by atoms with Crippen LogP contribution in [0.4, 0.5) is 5.69 Å². The third-order valence-corrected chi connectivity index (χ3v) is 5.10. The van der Waals surface area contributed by atoms with Crippen molar-refractivity contribution < 1.29 is 24.0 Å². The highest BCUT2D eigenvalue weighted by Crippen LogP contribution is 2.27. The van der Waals surface area contributed by atoms with Crippen LogP contribution in [0.15, 0.2) is 42.5 Å². The van der Waals surface area contributed by atoms with Crippen LogP contribution in [0.25, 0.3) is 10.2 Å². The van der Waals surface area contributed by atoms with Gasteiger partial charge in [-0.1, -0.05) is 12.1 Å². The maximum absolute atomic E-state index is 12.3. The molecule has 0 aliphatic heterocycles. The Balaban J connectivity index is 1.60. The lowest BCUT2D eigenvalue weighted by Crippen LogP contribution is -2.30. The first-order valence-corrected chi connectivity index (χ1v) is 9.28. The van der Waals surface area contributed by atoms with Crippen molar-refractivity contribution in [2.45, 2.75) is 6.54 Å². The minimum Gasteiger partial charge on any atom is -0.490 e. The lowest BCUT2D eigenvalue weighted by Gasteiger charge is -2.15. The predicted octanol–water partition coefficient (Wildman–Crippen LogP) is 3.03. The van der Waals surface area contributed by atoms with Crippen LogP contribution in [0.1, 0.15) is 15.4 Å². The molecule has 9 nitrogen and oxygen atoms in total. The molecule has 0 N–H and O–H groups in total. The van der Waals surface area contributed by atoms with Gasteiger partial charge in [-0.2, -0.15) is 0 Å². The van der Waals surface area contributed by atoms with Crippen LogP contribution in [0, 0.1) is 10.1 Å². The van der Waals surface area contributed by atoms with E-state index in [1.807, 2.05) is 24.3 Å². The van der Waals surface area contributed by atoms with E-state index in [9.17, 15) is 19.7 Å². The van der Waals surface area contributed by atoms with Gasteiger partial charge in [0.1, 0.15) is 5.01 Å². The van der Waals surface area contributed by atoms with E-state index in [4.69, 9.17) is 9.47 Å². The molecule has 2 aromatic carbocycles. The molecule has 0 aliphatic carbocycles. The number of benzene rings is 2. The van der Waals surface area contributed by atoms with E-state index in [0.29, 0.717) is 0 Å². The number of nitrogens with zero attached hydrogens (tertiary/aromatic N) is 3. The van der Waals surface area contributed by atoms with Crippen molar-refractivity contribution in [2.24, 2.45) is 0 Å². The highest BCUT2D eigenvalue weighted by Gasteiger charge is 2.20. The van der Waals surface area contributed by atoms with Crippen molar-refractivity contribution >= 4 is 39.1 Å². The standard InChI is InChI=1S/C19H17N3O6S/c1-21(10-17-20-13-5-3-4-6-16(13)29-17)18(23)11-28-19(24)12-7-8-15(27-2)14(9-12)22(25)26/h3-9H,10-11H2,1-2H3. The Bertz CT molecular complexity index is 1050. The van der Waals surface area contributed by atoms with Crippen molar-refractivity contribution in [3.63, 3.8) is 0 Å². The van der Waals surface area contributed by atoms with Gasteiger partial charge < -0.3 is 14.4 Å². The first-order valence-electron chi connectivity index (χ1n) is 8.47. The van der Waals surface area contributed by atoms with Crippen LogP contribution in [-0.2, 0) is 16.1 Å². The number of nitro benzene ring substituents is 1. The van der Waals surface area contributed by atoms with Crippen molar-refractivity contribution in [3.05, 3.63) is 63.1 Å². The summed E-state index contributed by atoms with van der Waals surface area (Å²) in [6.45, 7) is -0.205. The van der Waals surface area contributed by atoms with Crippen LogP contribution >= 0.6 is 11.3 Å². The molecule has 0 radical (unpaired) electrons. The summed E-state index contributed by atoms with van der Waals surface area (Å²) in [5.41, 5.74) is 0.459. The van der Waals surface area contributed by atoms with E-state index in [1.54, 1.807) is 7.05 Å². The van der Waals surface area contributed by atoms with E-state index < -0.39 is 23.4 Å². The molecule has 0 aliphatic rings. The Hall–Kier alpha value is -3.53. The van der Waals surface area contributed by atoms with Crippen molar-refractivity contribution in [2.75, 3.05) is 20.8 Å². The number of nitro groups is 1. The number of rotatable bonds is 7. The zero-order chi connectivity index (χ0) is 21.0. The van der Waals surface area contributed by atoms with Crippen LogP contribution in [-0.4, -0.2) is 47.4 Å². The molecule has 0 atom stereocenters. The fourth-order valence-corrected chi connectivity index (χ4v) is 3.58. The predicted molar refractivity (Wildman–Crippen MR) is 106 cm³/mol. The second-order valence-electron chi connectivity index (χ2n) is 6.05. The van der Waals surface area contributed by atoms with Crippen molar-refractivity contribution in [1.82, 2.24) is 9.88 Å². The molecule has 1 aromatic heterocycles. The van der Waals surface area contributed by atoms with Crippen LogP contribution in [0.2, 0.25) is 0 Å². The number of aromatic nitrogens is 1. The molecule has 0 saturated heterocycles. The van der Waals surface area contributed by atoms with Gasteiger partial charge in [-0.3, -0.25) is 14.9 Å². The zero-order valence-corrected chi connectivity index (χ0v) is 16.5. The molecule has 0 bridgehead atoms. The average Bonchev–Trinajstić information content (AvgIpc) is 3.13. The number of hydrogen-bond acceptors (Lipinski definition) is 8. The summed E-state index contributed by atoms with van der Waals surface area (Å²) in [5.74, 6) is -1.23. The largest absolute Gasteiger partial charge is 0.490 e. The van der Waals surface area contributed by atoms with E-state index in [-0.39, 0.29) is 23.5 Å². The first kappa shape index (κ1) is 20.2. The smallest absolute Gasteiger partial charge is 0.338 e. The second-order valence-corrected chi connectivity index (χ2v) is 7.16. The number of carbonyl (C=O) groups is 2. The lowest BCUT2D eigenvalue weighted by atomic mass is 10.2. The number of amides is 1. The Morgan fingerprint density at radius 3 is 2.69 bits per heavy atom. The molecule has 10 heteroatoms. The summed E-state index contributed by atoms with van der Waals surface area (Å²) in [6.07, 6.45) is 0. The number of methoxy groups -OCH3 is 1. The molecular weight excluding hydrogens is 398 g/mol. The third kappa shape index (κ3) is 4.66. The first-order chi connectivity index (χ1) is 13.9. The van der Waals surface area contributed by atoms with Gasteiger partial charge in [0.05, 0.1) is 34.4 Å². The van der Waals surface area contributed by atoms with Gasteiger partial charge >= 0.3 is 11.7 Å². The van der Waals surface area contributed by atoms with Crippen LogP contribution < -0.4 is 4.74 Å². The number of esters is 1. The van der Waals surface area contributed by atoms with Gasteiger partial charge in [0.25, 0.3) is 5.91 Å². The maximum Gasteiger partial charge on any atom is 0.338 e. The molecule has 0 fully saturated rings. The van der Waals surface area contributed by atoms with E-state index in [2.05, 4.69) is 4.98 Å². The zero-order valence-electron chi connectivity index (χ0n) is 15.7. The van der Waals surface area contributed by atoms with Gasteiger partial charge in [-0.15, -0.1) is 11.3 Å². The summed E-state index contributed by atoms with van der Waals surface area (Å²) in [4.78, 5) is 40.7. The average molecular weight is 415 g/mol. The van der Waals surface area contributed by atoms with Gasteiger partial charge in [0.15, 0.2) is 12.4 Å². The molecule has 3 aromatic rings. The number of thiazole rings is 1. The fraction of sp³-hybridized carbons (Fsp3) is 0.211. The monoisotopic (exact) mass is 415 g/mol. The minimum atomic E-state index is -0.836. The topological polar surface area (TPSA) is 112 Å². The molecule has 0 unspecified atom stereocenters. The Kier molecular flexibility index (Phi) is 6.03. The Labute approximate surface area is 169 Å². The second kappa shape index (κ2) is 8.65. The normalized spacial score (nSPS) is 10.6. The summed E-state index contributed by atoms with van der Waals surface area (Å²) >= 11 is 1.48. The minimum absolute atomic E-state index is 0.0261. The molecule has 150 valence electrons. The number of ether oxygens (including phenoxy) is 2. The van der Waals surface area contributed by atoms with E-state index in [1.165, 1.54) is 35.5 Å². The summed E-state index contributed by atoms with van der Waals surface area (Å²) in [6, 6.07) is 11.3. The summed E-state index contributed by atoms with van der Waals surface area (Å²) in [7, 11) is 2.88. The summed E-state index contributed by atoms with van der Waals surface area (Å²) in [5, 5.41) is 11.8. The molecule has 1 heterocycles. The number of hydrogen-bond donors (Lipinski definition) is 0. The molecule has 1 amide bonds. The molecule has 0 saturated carbocycles. The maximum atomic E-state index is 12.3. The van der Waals surface area contributed by atoms with Crippen molar-refractivity contribution in [1.29, 1.82) is 0 Å². The van der Waals surface area contributed by atoms with Crippen LogP contribution in [0.5, 0.6) is 5.75 Å². The van der Waals surface area contributed by atoms with Crippen molar-refractivity contribution in [3.8, 4) is 5.75 Å². The van der Waals surface area contributed by atoms with Crippen LogP contribution in [0.3, 0.4) is 0 Å². The Morgan fingerprint density at radius 1 is 1.24 bits per heavy atom. The third-order valence-electron chi connectivity index (χ3n) is 4.07. The summed E-state index contributed by atoms with van der Waals surface area (Å²) < 4.78 is 10.9. The fourth-order valence-electron chi connectivity index (χ4n) is 2.56. The lowest BCUT2D eigenvalue weighted by molar-refractivity contribution is -0.385. The molecule has 3 rings (SSSR count). The highest BCUT2D eigenvalue weighted by molar-refractivity contribution is 7.18. The molecular formula is C19H17N3O6S. The number of fused-ring (bicyclic) bond motifs is 1. The van der Waals surface area contributed by atoms with E-state index in [0.717, 1.165) is 21.3 Å². The van der Waals surface area contributed by atoms with E-state index >= 15 is 0 Å². The van der Waals surface area contributed by atoms with Gasteiger partial charge in [-0.05, 0) is 24.3 Å². The molecule has 29 heavy (non-hydrogen) atoms. The number of para-hydroxylation sites is 1. The highest BCUT2D eigenvalue weighted by atomic mass is 32.1.